The van der Waals surface area contributed by atoms with Crippen LogP contribution in [0.2, 0.25) is 5.02 Å². The largest absolute Gasteiger partial charge is 0.493 e. The third kappa shape index (κ3) is 6.34. The summed E-state index contributed by atoms with van der Waals surface area (Å²) in [5.41, 5.74) is 6.61. The number of hydrogen-bond acceptors (Lipinski definition) is 6. The maximum Gasteiger partial charge on any atom is 0.271 e. The fourth-order valence-electron chi connectivity index (χ4n) is 3.01. The van der Waals surface area contributed by atoms with Crippen LogP contribution in [0.4, 0.5) is 10.8 Å². The summed E-state index contributed by atoms with van der Waals surface area (Å²) in [7, 11) is 0. The third-order valence-corrected chi connectivity index (χ3v) is 6.53. The van der Waals surface area contributed by atoms with Gasteiger partial charge in [-0.05, 0) is 89.7 Å². The first-order valence-electron chi connectivity index (χ1n) is 10.4. The minimum atomic E-state index is -0.285. The van der Waals surface area contributed by atoms with Crippen LogP contribution in [0.25, 0.3) is 11.3 Å². The number of rotatable bonds is 8. The molecule has 0 radical (unpaired) electrons. The molecule has 0 bridgehead atoms. The molecule has 4 rings (SSSR count). The van der Waals surface area contributed by atoms with Crippen molar-refractivity contribution in [3.8, 4) is 17.0 Å². The van der Waals surface area contributed by atoms with Crippen LogP contribution in [0.3, 0.4) is 0 Å². The zero-order valence-corrected chi connectivity index (χ0v) is 21.8. The van der Waals surface area contributed by atoms with Gasteiger partial charge in [-0.25, -0.2) is 10.4 Å². The van der Waals surface area contributed by atoms with Gasteiger partial charge >= 0.3 is 0 Å². The highest BCUT2D eigenvalue weighted by atomic mass is 127. The molecule has 1 heterocycles. The van der Waals surface area contributed by atoms with Crippen LogP contribution in [-0.4, -0.2) is 23.7 Å². The van der Waals surface area contributed by atoms with Gasteiger partial charge in [0.1, 0.15) is 5.75 Å². The third-order valence-electron chi connectivity index (χ3n) is 4.68. The number of benzene rings is 3. The Morgan fingerprint density at radius 3 is 2.62 bits per heavy atom. The number of carbonyl (C=O) groups excluding carboxylic acids is 1. The lowest BCUT2D eigenvalue weighted by atomic mass is 10.1. The predicted molar refractivity (Wildman–Crippen MR) is 148 cm³/mol. The van der Waals surface area contributed by atoms with E-state index in [2.05, 4.69) is 43.4 Å². The minimum absolute atomic E-state index is 0.285. The van der Waals surface area contributed by atoms with Crippen molar-refractivity contribution in [2.24, 2.45) is 5.10 Å². The molecule has 1 amide bonds. The van der Waals surface area contributed by atoms with Gasteiger partial charge in [-0.1, -0.05) is 23.7 Å². The van der Waals surface area contributed by atoms with Gasteiger partial charge in [0, 0.05) is 27.2 Å². The van der Waals surface area contributed by atoms with Crippen molar-refractivity contribution in [1.29, 1.82) is 0 Å². The Kier molecular flexibility index (Phi) is 8.15. The highest BCUT2D eigenvalue weighted by molar-refractivity contribution is 14.1. The average molecular weight is 603 g/mol. The number of halogens is 2. The van der Waals surface area contributed by atoms with Gasteiger partial charge < -0.3 is 10.1 Å². The van der Waals surface area contributed by atoms with Gasteiger partial charge in [-0.15, -0.1) is 11.3 Å². The Labute approximate surface area is 220 Å². The van der Waals surface area contributed by atoms with Gasteiger partial charge in [0.2, 0.25) is 0 Å². The van der Waals surface area contributed by atoms with Crippen molar-refractivity contribution >= 4 is 68.5 Å². The van der Waals surface area contributed by atoms with Gasteiger partial charge in [0.05, 0.1) is 22.1 Å². The number of amides is 1. The SMILES string of the molecule is CCOc1ccc(/C=N\NC(=O)c2ccc(-c3csc(Nc4ccc(Cl)cc4)n3)cc2)cc1I. The Balaban J connectivity index is 1.35. The molecule has 0 aliphatic carbocycles. The molecule has 0 atom stereocenters. The number of nitrogens with zero attached hydrogens (tertiary/aromatic N) is 2. The van der Waals surface area contributed by atoms with Crippen LogP contribution in [0.5, 0.6) is 5.75 Å². The molecule has 0 saturated heterocycles. The summed E-state index contributed by atoms with van der Waals surface area (Å²) in [6.45, 7) is 2.56. The Hall–Kier alpha value is -2.95. The number of anilines is 2. The highest BCUT2D eigenvalue weighted by Crippen LogP contribution is 2.28. The van der Waals surface area contributed by atoms with Crippen molar-refractivity contribution < 1.29 is 9.53 Å². The molecule has 3 aromatic carbocycles. The number of hydrazone groups is 1. The van der Waals surface area contributed by atoms with Gasteiger partial charge in [-0.3, -0.25) is 4.79 Å². The van der Waals surface area contributed by atoms with Crippen LogP contribution < -0.4 is 15.5 Å². The fraction of sp³-hybridized carbons (Fsp3) is 0.0800. The van der Waals surface area contributed by atoms with Gasteiger partial charge in [0.15, 0.2) is 5.13 Å². The van der Waals surface area contributed by atoms with Crippen molar-refractivity contribution in [3.05, 3.63) is 91.8 Å². The van der Waals surface area contributed by atoms with Crippen LogP contribution in [0.15, 0.2) is 77.2 Å². The second kappa shape index (κ2) is 11.5. The predicted octanol–water partition coefficient (Wildman–Crippen LogP) is 6.97. The molecule has 172 valence electrons. The molecular weight excluding hydrogens is 583 g/mol. The number of hydrogen-bond donors (Lipinski definition) is 2. The van der Waals surface area contributed by atoms with E-state index >= 15 is 0 Å². The van der Waals surface area contributed by atoms with Crippen molar-refractivity contribution in [1.82, 2.24) is 10.4 Å². The summed E-state index contributed by atoms with van der Waals surface area (Å²) in [4.78, 5) is 17.1. The number of carbonyl (C=O) groups is 1. The molecule has 6 nitrogen and oxygen atoms in total. The smallest absolute Gasteiger partial charge is 0.271 e. The Morgan fingerprint density at radius 1 is 1.15 bits per heavy atom. The topological polar surface area (TPSA) is 75.6 Å². The fourth-order valence-corrected chi connectivity index (χ4v) is 4.57. The quantitative estimate of drug-likeness (QED) is 0.130. The highest BCUT2D eigenvalue weighted by Gasteiger charge is 2.08. The molecule has 2 N–H and O–H groups in total. The maximum atomic E-state index is 12.4. The summed E-state index contributed by atoms with van der Waals surface area (Å²) in [5.74, 6) is 0.546. The molecule has 9 heteroatoms. The average Bonchev–Trinajstić information content (AvgIpc) is 3.31. The second-order valence-electron chi connectivity index (χ2n) is 7.07. The monoisotopic (exact) mass is 602 g/mol. The molecule has 0 spiro atoms. The van der Waals surface area contributed by atoms with Crippen LogP contribution >= 0.6 is 45.5 Å². The van der Waals surface area contributed by atoms with Crippen molar-refractivity contribution in [2.75, 3.05) is 11.9 Å². The molecule has 34 heavy (non-hydrogen) atoms. The molecule has 0 aliphatic rings. The zero-order valence-electron chi connectivity index (χ0n) is 18.1. The van der Waals surface area contributed by atoms with Crippen LogP contribution in [-0.2, 0) is 0 Å². The van der Waals surface area contributed by atoms with Crippen LogP contribution in [0.1, 0.15) is 22.8 Å². The first-order chi connectivity index (χ1) is 16.5. The first-order valence-corrected chi connectivity index (χ1v) is 12.7. The Morgan fingerprint density at radius 2 is 1.91 bits per heavy atom. The lowest BCUT2D eigenvalue weighted by Gasteiger charge is -2.06. The van der Waals surface area contributed by atoms with E-state index < -0.39 is 0 Å². The van der Waals surface area contributed by atoms with Crippen molar-refractivity contribution in [3.63, 3.8) is 0 Å². The molecule has 0 aliphatic heterocycles. The maximum absolute atomic E-state index is 12.4. The van der Waals surface area contributed by atoms with E-state index in [1.54, 1.807) is 18.3 Å². The molecular formula is C25H20ClIN4O2S. The molecule has 4 aromatic rings. The second-order valence-corrected chi connectivity index (χ2v) is 9.53. The van der Waals surface area contributed by atoms with Crippen LogP contribution in [0, 0.1) is 3.57 Å². The summed E-state index contributed by atoms with van der Waals surface area (Å²) in [5, 5.41) is 10.8. The first kappa shape index (κ1) is 24.2. The lowest BCUT2D eigenvalue weighted by molar-refractivity contribution is 0.0955. The number of nitrogens with one attached hydrogen (secondary N) is 2. The molecule has 1 aromatic heterocycles. The summed E-state index contributed by atoms with van der Waals surface area (Å²) in [6.07, 6.45) is 1.61. The van der Waals surface area contributed by atoms with Gasteiger partial charge in [-0.2, -0.15) is 5.10 Å². The van der Waals surface area contributed by atoms with E-state index in [0.717, 1.165) is 37.0 Å². The Bertz CT molecular complexity index is 1310. The van der Waals surface area contributed by atoms with E-state index in [0.29, 0.717) is 17.2 Å². The van der Waals surface area contributed by atoms with E-state index in [-0.39, 0.29) is 5.91 Å². The normalized spacial score (nSPS) is 10.9. The van der Waals surface area contributed by atoms with E-state index in [9.17, 15) is 4.79 Å². The minimum Gasteiger partial charge on any atom is -0.493 e. The number of thiazole rings is 1. The number of ether oxygens (including phenoxy) is 1. The van der Waals surface area contributed by atoms with Crippen molar-refractivity contribution in [2.45, 2.75) is 6.92 Å². The van der Waals surface area contributed by atoms with E-state index in [1.165, 1.54) is 11.3 Å². The van der Waals surface area contributed by atoms with E-state index in [1.807, 2.05) is 66.9 Å². The molecule has 0 fully saturated rings. The summed E-state index contributed by atoms with van der Waals surface area (Å²) in [6, 6.07) is 20.4. The molecule has 0 unspecified atom stereocenters. The summed E-state index contributed by atoms with van der Waals surface area (Å²) < 4.78 is 6.52. The molecule has 0 saturated carbocycles. The number of aromatic nitrogens is 1. The zero-order chi connectivity index (χ0) is 23.9. The van der Waals surface area contributed by atoms with E-state index in [4.69, 9.17) is 16.3 Å². The summed E-state index contributed by atoms with van der Waals surface area (Å²) >= 11 is 9.65. The standard InChI is InChI=1S/C25H20ClIN4O2S/c1-2-33-23-12-3-16(13-21(23)27)14-28-31-24(32)18-6-4-17(5-7-18)22-15-34-25(30-22)29-20-10-8-19(26)9-11-20/h3-15H,2H2,1H3,(H,29,30)(H,31,32)/b28-14-. The lowest BCUT2D eigenvalue weighted by Crippen LogP contribution is -2.17. The van der Waals surface area contributed by atoms with Gasteiger partial charge in [0.25, 0.3) is 5.91 Å².